The molecule has 0 aliphatic carbocycles. The number of methoxy groups -OCH3 is 1. The van der Waals surface area contributed by atoms with Gasteiger partial charge < -0.3 is 9.64 Å². The fraction of sp³-hybridized carbons (Fsp3) is 0.500. The number of likely N-dealkylation sites (tertiary alicyclic amines) is 1. The molecule has 7 heteroatoms. The largest absolute Gasteiger partial charge is 0.496 e. The molecule has 0 unspecified atom stereocenters. The fourth-order valence-corrected chi connectivity index (χ4v) is 5.37. The molecule has 33 heavy (non-hydrogen) atoms. The van der Waals surface area contributed by atoms with Crippen LogP contribution in [0.3, 0.4) is 0 Å². The summed E-state index contributed by atoms with van der Waals surface area (Å²) in [6, 6.07) is 8.44. The van der Waals surface area contributed by atoms with E-state index in [1.165, 1.54) is 24.0 Å². The fourth-order valence-electron chi connectivity index (χ4n) is 5.37. The van der Waals surface area contributed by atoms with Crippen LogP contribution in [-0.4, -0.2) is 57.9 Å². The zero-order valence-corrected chi connectivity index (χ0v) is 20.0. The highest BCUT2D eigenvalue weighted by Gasteiger charge is 2.28. The topological polar surface area (TPSA) is 59.3 Å². The average Bonchev–Trinajstić information content (AvgIpc) is 3.50. The van der Waals surface area contributed by atoms with E-state index in [-0.39, 0.29) is 0 Å². The first-order valence-corrected chi connectivity index (χ1v) is 12.1. The van der Waals surface area contributed by atoms with Gasteiger partial charge in [0.2, 0.25) is 5.95 Å². The minimum absolute atomic E-state index is 0.385. The molecule has 174 valence electrons. The van der Waals surface area contributed by atoms with Crippen LogP contribution in [0.15, 0.2) is 36.7 Å². The molecule has 2 aliphatic rings. The maximum Gasteiger partial charge on any atom is 0.225 e. The van der Waals surface area contributed by atoms with Crippen LogP contribution in [0.4, 0.5) is 5.95 Å². The molecule has 2 aromatic heterocycles. The van der Waals surface area contributed by atoms with Crippen LogP contribution in [0.25, 0.3) is 11.3 Å². The number of aromatic nitrogens is 4. The second-order valence-corrected chi connectivity index (χ2v) is 9.38. The first-order valence-electron chi connectivity index (χ1n) is 12.1. The standard InChI is InChI=1S/C26H34N6O/c1-19-8-6-9-21(25(19)33-3)17-31-13-7-10-20(16-31)24-22(18-30(2)29-24)23-11-12-27-26(28-23)32-14-4-5-15-32/h6,8-9,11-12,18,20H,4-5,7,10,13-17H2,1-3H3/t20-/m0/s1. The SMILES string of the molecule is COc1c(C)cccc1CN1CCC[C@H](c2nn(C)cc2-c2ccnc(N3CCCC3)n2)C1. The van der Waals surface area contributed by atoms with Gasteiger partial charge in [0.05, 0.1) is 18.5 Å². The predicted octanol–water partition coefficient (Wildman–Crippen LogP) is 4.17. The van der Waals surface area contributed by atoms with Crippen LogP contribution in [0, 0.1) is 6.92 Å². The summed E-state index contributed by atoms with van der Waals surface area (Å²) < 4.78 is 7.64. The minimum Gasteiger partial charge on any atom is -0.496 e. The molecule has 2 aliphatic heterocycles. The Hall–Kier alpha value is -2.93. The number of benzene rings is 1. The van der Waals surface area contributed by atoms with E-state index in [4.69, 9.17) is 14.8 Å². The third-order valence-electron chi connectivity index (χ3n) is 6.95. The molecule has 2 fully saturated rings. The molecular formula is C26H34N6O. The molecule has 1 aromatic carbocycles. The van der Waals surface area contributed by atoms with Gasteiger partial charge in [0.15, 0.2) is 0 Å². The van der Waals surface area contributed by atoms with Crippen molar-refractivity contribution in [3.05, 3.63) is 53.5 Å². The van der Waals surface area contributed by atoms with Crippen molar-refractivity contribution in [3.8, 4) is 17.0 Å². The molecule has 1 atom stereocenters. The second-order valence-electron chi connectivity index (χ2n) is 9.38. The van der Waals surface area contributed by atoms with Gasteiger partial charge in [-0.1, -0.05) is 18.2 Å². The van der Waals surface area contributed by atoms with E-state index in [9.17, 15) is 0 Å². The number of piperidine rings is 1. The number of nitrogens with zero attached hydrogens (tertiary/aromatic N) is 6. The summed E-state index contributed by atoms with van der Waals surface area (Å²) in [6.07, 6.45) is 8.76. The van der Waals surface area contributed by atoms with E-state index in [2.05, 4.69) is 46.1 Å². The molecule has 5 rings (SSSR count). The summed E-state index contributed by atoms with van der Waals surface area (Å²) in [5.41, 5.74) is 5.72. The van der Waals surface area contributed by atoms with Crippen molar-refractivity contribution in [2.24, 2.45) is 7.05 Å². The number of hydrogen-bond acceptors (Lipinski definition) is 6. The van der Waals surface area contributed by atoms with Crippen molar-refractivity contribution in [1.82, 2.24) is 24.6 Å². The Kier molecular flexibility index (Phi) is 6.31. The van der Waals surface area contributed by atoms with Gasteiger partial charge >= 0.3 is 0 Å². The molecule has 0 spiro atoms. The highest BCUT2D eigenvalue weighted by atomic mass is 16.5. The van der Waals surface area contributed by atoms with Gasteiger partial charge in [-0.05, 0) is 50.8 Å². The Labute approximate surface area is 196 Å². The van der Waals surface area contributed by atoms with Crippen LogP contribution >= 0.6 is 0 Å². The molecule has 0 saturated carbocycles. The minimum atomic E-state index is 0.385. The number of anilines is 1. The van der Waals surface area contributed by atoms with E-state index in [1.54, 1.807) is 7.11 Å². The lowest BCUT2D eigenvalue weighted by Gasteiger charge is -2.32. The Balaban J connectivity index is 1.38. The lowest BCUT2D eigenvalue weighted by atomic mass is 9.91. The Morgan fingerprint density at radius 2 is 1.94 bits per heavy atom. The highest BCUT2D eigenvalue weighted by molar-refractivity contribution is 5.63. The molecular weight excluding hydrogens is 412 g/mol. The average molecular weight is 447 g/mol. The van der Waals surface area contributed by atoms with E-state index in [0.717, 1.165) is 74.2 Å². The van der Waals surface area contributed by atoms with Crippen molar-refractivity contribution < 1.29 is 4.74 Å². The van der Waals surface area contributed by atoms with Crippen molar-refractivity contribution in [1.29, 1.82) is 0 Å². The van der Waals surface area contributed by atoms with Gasteiger partial charge in [0.1, 0.15) is 5.75 Å². The Morgan fingerprint density at radius 1 is 1.09 bits per heavy atom. The lowest BCUT2D eigenvalue weighted by molar-refractivity contribution is 0.196. The number of para-hydroxylation sites is 1. The number of ether oxygens (including phenoxy) is 1. The maximum atomic E-state index is 5.70. The zero-order chi connectivity index (χ0) is 22.8. The second kappa shape index (κ2) is 9.51. The molecule has 0 radical (unpaired) electrons. The smallest absolute Gasteiger partial charge is 0.225 e. The van der Waals surface area contributed by atoms with E-state index in [0.29, 0.717) is 5.92 Å². The normalized spacial score (nSPS) is 19.2. The Morgan fingerprint density at radius 3 is 2.76 bits per heavy atom. The quantitative estimate of drug-likeness (QED) is 0.566. The van der Waals surface area contributed by atoms with E-state index in [1.807, 2.05) is 24.0 Å². The molecule has 2 saturated heterocycles. The number of aryl methyl sites for hydroxylation is 2. The van der Waals surface area contributed by atoms with Crippen molar-refractivity contribution >= 4 is 5.95 Å². The summed E-state index contributed by atoms with van der Waals surface area (Å²) in [4.78, 5) is 14.3. The van der Waals surface area contributed by atoms with E-state index >= 15 is 0 Å². The Bertz CT molecular complexity index is 1100. The van der Waals surface area contributed by atoms with Crippen molar-refractivity contribution in [3.63, 3.8) is 0 Å². The van der Waals surface area contributed by atoms with Crippen LogP contribution < -0.4 is 9.64 Å². The monoisotopic (exact) mass is 446 g/mol. The van der Waals surface area contributed by atoms with Gasteiger partial charge in [-0.25, -0.2) is 9.97 Å². The molecule has 0 amide bonds. The van der Waals surface area contributed by atoms with Gasteiger partial charge in [-0.3, -0.25) is 9.58 Å². The zero-order valence-electron chi connectivity index (χ0n) is 20.0. The molecule has 4 heterocycles. The molecule has 3 aromatic rings. The summed E-state index contributed by atoms with van der Waals surface area (Å²) in [7, 11) is 3.77. The van der Waals surface area contributed by atoms with Crippen LogP contribution in [0.2, 0.25) is 0 Å². The van der Waals surface area contributed by atoms with Gasteiger partial charge in [-0.2, -0.15) is 5.10 Å². The lowest BCUT2D eigenvalue weighted by Crippen LogP contribution is -2.34. The molecule has 0 bridgehead atoms. The van der Waals surface area contributed by atoms with Crippen molar-refractivity contribution in [2.75, 3.05) is 38.2 Å². The van der Waals surface area contributed by atoms with Gasteiger partial charge in [0.25, 0.3) is 0 Å². The molecule has 0 N–H and O–H groups in total. The summed E-state index contributed by atoms with van der Waals surface area (Å²) in [6.45, 7) is 7.19. The summed E-state index contributed by atoms with van der Waals surface area (Å²) in [5.74, 6) is 2.24. The van der Waals surface area contributed by atoms with Crippen LogP contribution in [0.5, 0.6) is 5.75 Å². The first kappa shape index (κ1) is 21.9. The number of rotatable bonds is 6. The third-order valence-corrected chi connectivity index (χ3v) is 6.95. The van der Waals surface area contributed by atoms with Crippen LogP contribution in [0.1, 0.15) is 48.4 Å². The van der Waals surface area contributed by atoms with Crippen molar-refractivity contribution in [2.45, 2.75) is 45.1 Å². The summed E-state index contributed by atoms with van der Waals surface area (Å²) >= 11 is 0. The first-order chi connectivity index (χ1) is 16.1. The maximum absolute atomic E-state index is 5.70. The van der Waals surface area contributed by atoms with Crippen LogP contribution in [-0.2, 0) is 13.6 Å². The van der Waals surface area contributed by atoms with E-state index < -0.39 is 0 Å². The molecule has 7 nitrogen and oxygen atoms in total. The highest BCUT2D eigenvalue weighted by Crippen LogP contribution is 2.34. The number of hydrogen-bond donors (Lipinski definition) is 0. The third kappa shape index (κ3) is 4.60. The van der Waals surface area contributed by atoms with Gasteiger partial charge in [-0.15, -0.1) is 0 Å². The van der Waals surface area contributed by atoms with Gasteiger partial charge in [0, 0.05) is 62.7 Å². The predicted molar refractivity (Wildman–Crippen MR) is 131 cm³/mol. The summed E-state index contributed by atoms with van der Waals surface area (Å²) in [5, 5.41) is 4.92.